The number of pyridine rings is 1. The van der Waals surface area contributed by atoms with Crippen molar-refractivity contribution in [3.63, 3.8) is 0 Å². The van der Waals surface area contributed by atoms with E-state index in [0.29, 0.717) is 19.5 Å². The number of carboxylic acid groups (broad SMARTS) is 1. The maximum absolute atomic E-state index is 12.7. The number of anilines is 1. The Balaban J connectivity index is 0.000000396. The second-order valence-electron chi connectivity index (χ2n) is 6.55. The number of rotatable bonds is 3. The third-order valence-electron chi connectivity index (χ3n) is 4.38. The van der Waals surface area contributed by atoms with Crippen molar-refractivity contribution in [3.8, 4) is 5.75 Å². The summed E-state index contributed by atoms with van der Waals surface area (Å²) in [6.45, 7) is 2.10. The molecule has 0 saturated heterocycles. The second kappa shape index (κ2) is 9.95. The minimum Gasteiger partial charge on any atom is -0.497 e. The summed E-state index contributed by atoms with van der Waals surface area (Å²) in [6.07, 6.45) is -2.90. The van der Waals surface area contributed by atoms with Gasteiger partial charge in [0.25, 0.3) is 0 Å². The summed E-state index contributed by atoms with van der Waals surface area (Å²) in [5, 5.41) is 7.12. The lowest BCUT2D eigenvalue weighted by molar-refractivity contribution is -0.192. The van der Waals surface area contributed by atoms with Crippen LogP contribution in [0.15, 0.2) is 42.6 Å². The lowest BCUT2D eigenvalue weighted by Crippen LogP contribution is -2.35. The van der Waals surface area contributed by atoms with Gasteiger partial charge in [0.05, 0.1) is 13.5 Å². The second-order valence-corrected chi connectivity index (χ2v) is 6.55. The zero-order valence-corrected chi connectivity index (χ0v) is 16.5. The third kappa shape index (κ3) is 6.36. The van der Waals surface area contributed by atoms with Crippen molar-refractivity contribution in [1.29, 1.82) is 0 Å². The van der Waals surface area contributed by atoms with E-state index in [1.165, 1.54) is 0 Å². The zero-order valence-electron chi connectivity index (χ0n) is 16.5. The number of ether oxygens (including phenoxy) is 1. The Hall–Kier alpha value is -3.30. The quantitative estimate of drug-likeness (QED) is 0.814. The number of hydrogen-bond donors (Lipinski definition) is 1. The third-order valence-corrected chi connectivity index (χ3v) is 4.38. The number of benzene rings is 1. The molecular formula is C20H22F3N3O4. The lowest BCUT2D eigenvalue weighted by atomic mass is 10.1. The Bertz CT molecular complexity index is 890. The minimum absolute atomic E-state index is 0.128. The molecule has 10 heteroatoms. The summed E-state index contributed by atoms with van der Waals surface area (Å²) < 4.78 is 37.0. The van der Waals surface area contributed by atoms with E-state index in [1.54, 1.807) is 13.3 Å². The molecule has 1 aromatic carbocycles. The highest BCUT2D eigenvalue weighted by molar-refractivity contribution is 5.79. The summed E-state index contributed by atoms with van der Waals surface area (Å²) in [6, 6.07) is 11.6. The molecule has 1 amide bonds. The number of carboxylic acids is 1. The zero-order chi connectivity index (χ0) is 22.3. The van der Waals surface area contributed by atoms with Crippen molar-refractivity contribution in [2.45, 2.75) is 19.1 Å². The number of amides is 1. The molecule has 3 rings (SSSR count). The Morgan fingerprint density at radius 1 is 1.20 bits per heavy atom. The molecule has 7 nitrogen and oxygen atoms in total. The number of nitrogens with zero attached hydrogens (tertiary/aromatic N) is 3. The summed E-state index contributed by atoms with van der Waals surface area (Å²) in [4.78, 5) is 30.0. The molecule has 0 unspecified atom stereocenters. The van der Waals surface area contributed by atoms with E-state index in [-0.39, 0.29) is 5.91 Å². The fraction of sp³-hybridized carbons (Fsp3) is 0.350. The van der Waals surface area contributed by atoms with Crippen molar-refractivity contribution in [1.82, 2.24) is 9.88 Å². The molecule has 162 valence electrons. The van der Waals surface area contributed by atoms with Crippen LogP contribution in [0.2, 0.25) is 0 Å². The average molecular weight is 425 g/mol. The SMILES string of the molecule is COc1cccc(CC(=O)N2CCN(C)c3ncccc3C2)c1.O=C(O)C(F)(F)F. The number of methoxy groups -OCH3 is 1. The number of carbonyl (C=O) groups is 2. The Kier molecular flexibility index (Phi) is 7.62. The summed E-state index contributed by atoms with van der Waals surface area (Å²) in [5.74, 6) is -0.888. The van der Waals surface area contributed by atoms with Gasteiger partial charge in [0.2, 0.25) is 5.91 Å². The van der Waals surface area contributed by atoms with E-state index >= 15 is 0 Å². The van der Waals surface area contributed by atoms with Gasteiger partial charge in [0.1, 0.15) is 11.6 Å². The lowest BCUT2D eigenvalue weighted by Gasteiger charge is -2.21. The number of halogens is 3. The average Bonchev–Trinajstić information content (AvgIpc) is 2.87. The van der Waals surface area contributed by atoms with E-state index in [9.17, 15) is 18.0 Å². The van der Waals surface area contributed by atoms with Crippen molar-refractivity contribution >= 4 is 17.7 Å². The van der Waals surface area contributed by atoms with E-state index in [1.807, 2.05) is 48.3 Å². The van der Waals surface area contributed by atoms with E-state index < -0.39 is 12.1 Å². The van der Waals surface area contributed by atoms with Gasteiger partial charge in [-0.15, -0.1) is 0 Å². The van der Waals surface area contributed by atoms with Crippen LogP contribution < -0.4 is 9.64 Å². The number of aliphatic carboxylic acids is 1. The number of aromatic nitrogens is 1. The first-order chi connectivity index (χ1) is 14.1. The van der Waals surface area contributed by atoms with Crippen LogP contribution in [0.5, 0.6) is 5.75 Å². The highest BCUT2D eigenvalue weighted by Gasteiger charge is 2.38. The first kappa shape index (κ1) is 23.0. The van der Waals surface area contributed by atoms with Crippen molar-refractivity contribution < 1.29 is 32.6 Å². The molecule has 0 fully saturated rings. The smallest absolute Gasteiger partial charge is 0.490 e. The molecule has 0 radical (unpaired) electrons. The maximum Gasteiger partial charge on any atom is 0.490 e. The van der Waals surface area contributed by atoms with Crippen LogP contribution in [0, 0.1) is 0 Å². The van der Waals surface area contributed by atoms with Crippen LogP contribution in [-0.4, -0.2) is 60.3 Å². The van der Waals surface area contributed by atoms with Crippen molar-refractivity contribution in [3.05, 3.63) is 53.7 Å². The molecule has 2 aromatic rings. The van der Waals surface area contributed by atoms with E-state index in [0.717, 1.165) is 29.2 Å². The topological polar surface area (TPSA) is 83.0 Å². The highest BCUT2D eigenvalue weighted by atomic mass is 19.4. The molecule has 0 spiro atoms. The van der Waals surface area contributed by atoms with E-state index in [4.69, 9.17) is 14.6 Å². The van der Waals surface area contributed by atoms with Gasteiger partial charge in [-0.1, -0.05) is 18.2 Å². The molecule has 0 bridgehead atoms. The van der Waals surface area contributed by atoms with Crippen LogP contribution in [0.25, 0.3) is 0 Å². The molecule has 1 aromatic heterocycles. The number of likely N-dealkylation sites (N-methyl/N-ethyl adjacent to an activating group) is 1. The predicted octanol–water partition coefficient (Wildman–Crippen LogP) is 2.74. The van der Waals surface area contributed by atoms with Crippen LogP contribution in [0.1, 0.15) is 11.1 Å². The van der Waals surface area contributed by atoms with E-state index in [2.05, 4.69) is 9.88 Å². The molecule has 2 heterocycles. The molecule has 30 heavy (non-hydrogen) atoms. The maximum atomic E-state index is 12.7. The molecule has 1 N–H and O–H groups in total. The molecule has 0 atom stereocenters. The largest absolute Gasteiger partial charge is 0.497 e. The molecular weight excluding hydrogens is 403 g/mol. The van der Waals surface area contributed by atoms with Crippen LogP contribution in [0.4, 0.5) is 19.0 Å². The Labute approximate surface area is 171 Å². The number of hydrogen-bond acceptors (Lipinski definition) is 5. The molecule has 0 aliphatic carbocycles. The van der Waals surface area contributed by atoms with Crippen LogP contribution >= 0.6 is 0 Å². The number of fused-ring (bicyclic) bond motifs is 1. The van der Waals surface area contributed by atoms with Crippen LogP contribution in [-0.2, 0) is 22.6 Å². The van der Waals surface area contributed by atoms with Crippen molar-refractivity contribution in [2.75, 3.05) is 32.1 Å². The monoisotopic (exact) mass is 425 g/mol. The number of alkyl halides is 3. The normalized spacial score (nSPS) is 13.5. The summed E-state index contributed by atoms with van der Waals surface area (Å²) >= 11 is 0. The molecule has 0 saturated carbocycles. The van der Waals surface area contributed by atoms with Gasteiger partial charge in [-0.25, -0.2) is 9.78 Å². The molecule has 1 aliphatic heterocycles. The number of carbonyl (C=O) groups excluding carboxylic acids is 1. The molecule has 1 aliphatic rings. The standard InChI is InChI=1S/C18H21N3O2.C2HF3O2/c1-20-9-10-21(13-15-6-4-8-19-18(15)20)17(22)12-14-5-3-7-16(11-14)23-2;3-2(4,5)1(6)7/h3-8,11H,9-10,12-13H2,1-2H3;(H,6,7). The Morgan fingerprint density at radius 2 is 1.90 bits per heavy atom. The van der Waals surface area contributed by atoms with Gasteiger partial charge >= 0.3 is 12.1 Å². The van der Waals surface area contributed by atoms with Gasteiger partial charge in [0.15, 0.2) is 0 Å². The Morgan fingerprint density at radius 3 is 2.53 bits per heavy atom. The fourth-order valence-electron chi connectivity index (χ4n) is 2.84. The van der Waals surface area contributed by atoms with Gasteiger partial charge in [-0.2, -0.15) is 13.2 Å². The van der Waals surface area contributed by atoms with Crippen molar-refractivity contribution in [2.24, 2.45) is 0 Å². The van der Waals surface area contributed by atoms with Crippen LogP contribution in [0.3, 0.4) is 0 Å². The van der Waals surface area contributed by atoms with Gasteiger partial charge in [0, 0.05) is 38.4 Å². The first-order valence-electron chi connectivity index (χ1n) is 8.97. The summed E-state index contributed by atoms with van der Waals surface area (Å²) in [5.41, 5.74) is 2.06. The highest BCUT2D eigenvalue weighted by Crippen LogP contribution is 2.22. The minimum atomic E-state index is -5.08. The fourth-order valence-corrected chi connectivity index (χ4v) is 2.84. The summed E-state index contributed by atoms with van der Waals surface area (Å²) in [7, 11) is 3.65. The van der Waals surface area contributed by atoms with Gasteiger partial charge in [-0.05, 0) is 23.8 Å². The first-order valence-corrected chi connectivity index (χ1v) is 8.97. The van der Waals surface area contributed by atoms with Gasteiger partial charge < -0.3 is 19.6 Å². The van der Waals surface area contributed by atoms with Gasteiger partial charge in [-0.3, -0.25) is 4.79 Å². The predicted molar refractivity (Wildman–Crippen MR) is 103 cm³/mol.